The van der Waals surface area contributed by atoms with Gasteiger partial charge in [-0.2, -0.15) is 0 Å². The number of nitrogens with one attached hydrogen (secondary N) is 3. The third-order valence-corrected chi connectivity index (χ3v) is 5.19. The van der Waals surface area contributed by atoms with E-state index in [1.165, 1.54) is 11.1 Å². The maximum atomic E-state index is 12.3. The van der Waals surface area contributed by atoms with Crippen LogP contribution in [0.15, 0.2) is 64.6 Å². The van der Waals surface area contributed by atoms with Gasteiger partial charge in [-0.15, -0.1) is 11.3 Å². The lowest BCUT2D eigenvalue weighted by Gasteiger charge is -2.09. The molecule has 8 heteroatoms. The van der Waals surface area contributed by atoms with E-state index in [4.69, 9.17) is 4.42 Å². The third kappa shape index (κ3) is 6.59. The number of anilines is 1. The van der Waals surface area contributed by atoms with Gasteiger partial charge in [0, 0.05) is 35.6 Å². The summed E-state index contributed by atoms with van der Waals surface area (Å²) in [6.45, 7) is 0.538. The van der Waals surface area contributed by atoms with Crippen molar-refractivity contribution in [1.29, 1.82) is 0 Å². The van der Waals surface area contributed by atoms with Crippen LogP contribution in [0.4, 0.5) is 5.69 Å². The molecule has 0 aliphatic rings. The van der Waals surface area contributed by atoms with E-state index in [0.717, 1.165) is 12.8 Å². The number of carbonyl (C=O) groups is 3. The van der Waals surface area contributed by atoms with Gasteiger partial charge in [-0.25, -0.2) is 0 Å². The topological polar surface area (TPSA) is 100 Å². The molecule has 1 aromatic carbocycles. The molecule has 156 valence electrons. The summed E-state index contributed by atoms with van der Waals surface area (Å²) in [4.78, 5) is 37.5. The first kappa shape index (κ1) is 21.3. The van der Waals surface area contributed by atoms with Crippen molar-refractivity contribution in [1.82, 2.24) is 10.6 Å². The van der Waals surface area contributed by atoms with Crippen molar-refractivity contribution in [2.45, 2.75) is 19.3 Å². The molecule has 0 aliphatic carbocycles. The SMILES string of the molecule is O=C(CCCc1cccs1)Nc1cccc(C(=O)NCCNC(=O)c2ccco2)c1. The number of benzene rings is 1. The summed E-state index contributed by atoms with van der Waals surface area (Å²) < 4.78 is 5.00. The molecular weight excluding hydrogens is 402 g/mol. The standard InChI is InChI=1S/C22H23N3O4S/c26-20(10-2-7-18-8-4-14-30-18)25-17-6-1-5-16(15-17)21(27)23-11-12-24-22(28)19-9-3-13-29-19/h1,3-6,8-9,13-15H,2,7,10-12H2,(H,23,27)(H,24,28)(H,25,26). The fraction of sp³-hybridized carbons (Fsp3) is 0.227. The zero-order valence-electron chi connectivity index (χ0n) is 16.4. The van der Waals surface area contributed by atoms with Gasteiger partial charge in [0.25, 0.3) is 11.8 Å². The molecule has 7 nitrogen and oxygen atoms in total. The van der Waals surface area contributed by atoms with Crippen LogP contribution in [0.3, 0.4) is 0 Å². The van der Waals surface area contributed by atoms with Gasteiger partial charge in [-0.1, -0.05) is 12.1 Å². The second-order valence-corrected chi connectivity index (χ2v) is 7.58. The average Bonchev–Trinajstić information content (AvgIpc) is 3.45. The Labute approximate surface area is 178 Å². The summed E-state index contributed by atoms with van der Waals surface area (Å²) in [6, 6.07) is 14.0. The molecular formula is C22H23N3O4S. The summed E-state index contributed by atoms with van der Waals surface area (Å²) in [7, 11) is 0. The highest BCUT2D eigenvalue weighted by Gasteiger charge is 2.10. The van der Waals surface area contributed by atoms with Crippen LogP contribution >= 0.6 is 11.3 Å². The van der Waals surface area contributed by atoms with Crippen LogP contribution in [0.25, 0.3) is 0 Å². The molecule has 0 fully saturated rings. The molecule has 0 saturated carbocycles. The second kappa shape index (κ2) is 11.0. The largest absolute Gasteiger partial charge is 0.459 e. The molecule has 3 N–H and O–H groups in total. The van der Waals surface area contributed by atoms with E-state index in [9.17, 15) is 14.4 Å². The van der Waals surface area contributed by atoms with E-state index in [0.29, 0.717) is 17.7 Å². The number of amides is 3. The zero-order valence-corrected chi connectivity index (χ0v) is 17.2. The number of carbonyl (C=O) groups excluding carboxylic acids is 3. The summed E-state index contributed by atoms with van der Waals surface area (Å²) in [5.41, 5.74) is 1.01. The van der Waals surface area contributed by atoms with Crippen molar-refractivity contribution >= 4 is 34.7 Å². The Bertz CT molecular complexity index is 968. The molecule has 0 aliphatic heterocycles. The van der Waals surface area contributed by atoms with Crippen LogP contribution in [-0.2, 0) is 11.2 Å². The van der Waals surface area contributed by atoms with Crippen molar-refractivity contribution < 1.29 is 18.8 Å². The van der Waals surface area contributed by atoms with Crippen LogP contribution in [0, 0.1) is 0 Å². The molecule has 3 rings (SSSR count). The maximum absolute atomic E-state index is 12.3. The molecule has 30 heavy (non-hydrogen) atoms. The lowest BCUT2D eigenvalue weighted by molar-refractivity contribution is -0.116. The van der Waals surface area contributed by atoms with Gasteiger partial charge in [0.15, 0.2) is 5.76 Å². The van der Waals surface area contributed by atoms with Crippen molar-refractivity contribution in [3.63, 3.8) is 0 Å². The Hall–Kier alpha value is -3.39. The molecule has 2 heterocycles. The van der Waals surface area contributed by atoms with Gasteiger partial charge < -0.3 is 20.4 Å². The maximum Gasteiger partial charge on any atom is 0.287 e. The molecule has 3 amide bonds. The average molecular weight is 426 g/mol. The summed E-state index contributed by atoms with van der Waals surface area (Å²) in [5.74, 6) is -0.473. The van der Waals surface area contributed by atoms with Crippen molar-refractivity contribution in [3.8, 4) is 0 Å². The predicted molar refractivity (Wildman–Crippen MR) is 116 cm³/mol. The molecule has 0 unspecified atom stereocenters. The fourth-order valence-electron chi connectivity index (χ4n) is 2.79. The molecule has 0 atom stereocenters. The summed E-state index contributed by atoms with van der Waals surface area (Å²) >= 11 is 1.69. The number of rotatable bonds is 10. The predicted octanol–water partition coefficient (Wildman–Crippen LogP) is 3.46. The molecule has 3 aromatic rings. The van der Waals surface area contributed by atoms with Gasteiger partial charge in [0.05, 0.1) is 6.26 Å². The number of aryl methyl sites for hydroxylation is 1. The van der Waals surface area contributed by atoms with E-state index in [1.807, 2.05) is 11.4 Å². The first-order valence-corrected chi connectivity index (χ1v) is 10.5. The Morgan fingerprint density at radius 2 is 1.77 bits per heavy atom. The van der Waals surface area contributed by atoms with Crippen LogP contribution in [0.1, 0.15) is 38.6 Å². The Morgan fingerprint density at radius 1 is 0.933 bits per heavy atom. The Morgan fingerprint density at radius 3 is 2.50 bits per heavy atom. The molecule has 2 aromatic heterocycles. The quantitative estimate of drug-likeness (QED) is 0.433. The number of thiophene rings is 1. The lowest BCUT2D eigenvalue weighted by Crippen LogP contribution is -2.34. The van der Waals surface area contributed by atoms with Crippen LogP contribution in [-0.4, -0.2) is 30.8 Å². The van der Waals surface area contributed by atoms with Crippen LogP contribution < -0.4 is 16.0 Å². The van der Waals surface area contributed by atoms with Gasteiger partial charge >= 0.3 is 0 Å². The van der Waals surface area contributed by atoms with E-state index in [2.05, 4.69) is 22.0 Å². The van der Waals surface area contributed by atoms with E-state index < -0.39 is 0 Å². The van der Waals surface area contributed by atoms with E-state index >= 15 is 0 Å². The van der Waals surface area contributed by atoms with E-state index in [-0.39, 0.29) is 36.6 Å². The first-order chi connectivity index (χ1) is 14.6. The molecule has 0 radical (unpaired) electrons. The number of hydrogen-bond acceptors (Lipinski definition) is 5. The zero-order chi connectivity index (χ0) is 21.2. The smallest absolute Gasteiger partial charge is 0.287 e. The molecule has 0 saturated heterocycles. The highest BCUT2D eigenvalue weighted by molar-refractivity contribution is 7.09. The van der Waals surface area contributed by atoms with E-state index in [1.54, 1.807) is 47.7 Å². The van der Waals surface area contributed by atoms with Gasteiger partial charge in [-0.3, -0.25) is 14.4 Å². The second-order valence-electron chi connectivity index (χ2n) is 6.55. The Kier molecular flexibility index (Phi) is 7.79. The minimum Gasteiger partial charge on any atom is -0.459 e. The lowest BCUT2D eigenvalue weighted by atomic mass is 10.1. The molecule has 0 spiro atoms. The summed E-state index contributed by atoms with van der Waals surface area (Å²) in [6.07, 6.45) is 3.50. The van der Waals surface area contributed by atoms with Crippen LogP contribution in [0.5, 0.6) is 0 Å². The normalized spacial score (nSPS) is 10.4. The monoisotopic (exact) mass is 425 g/mol. The minimum atomic E-state index is -0.335. The van der Waals surface area contributed by atoms with Gasteiger partial charge in [0.1, 0.15) is 0 Å². The summed E-state index contributed by atoms with van der Waals surface area (Å²) in [5, 5.41) is 10.2. The van der Waals surface area contributed by atoms with Gasteiger partial charge in [-0.05, 0) is 54.6 Å². The van der Waals surface area contributed by atoms with Crippen LogP contribution in [0.2, 0.25) is 0 Å². The fourth-order valence-corrected chi connectivity index (χ4v) is 3.54. The number of furan rings is 1. The van der Waals surface area contributed by atoms with Gasteiger partial charge in [0.2, 0.25) is 5.91 Å². The highest BCUT2D eigenvalue weighted by atomic mass is 32.1. The van der Waals surface area contributed by atoms with Crippen molar-refractivity contribution in [2.24, 2.45) is 0 Å². The number of hydrogen-bond donors (Lipinski definition) is 3. The Balaban J connectivity index is 1.39. The van der Waals surface area contributed by atoms with Crippen molar-refractivity contribution in [2.75, 3.05) is 18.4 Å². The third-order valence-electron chi connectivity index (χ3n) is 4.26. The first-order valence-electron chi connectivity index (χ1n) is 9.64. The minimum absolute atomic E-state index is 0.0789. The van der Waals surface area contributed by atoms with Crippen molar-refractivity contribution in [3.05, 3.63) is 76.4 Å². The molecule has 0 bridgehead atoms. The highest BCUT2D eigenvalue weighted by Crippen LogP contribution is 2.14.